The van der Waals surface area contributed by atoms with Crippen molar-refractivity contribution in [3.05, 3.63) is 24.3 Å². The largest absolute Gasteiger partial charge is 0.459 e. The molecule has 1 saturated heterocycles. The van der Waals surface area contributed by atoms with Crippen molar-refractivity contribution in [3.8, 4) is 6.07 Å². The van der Waals surface area contributed by atoms with Gasteiger partial charge in [0.25, 0.3) is 0 Å². The zero-order valence-corrected chi connectivity index (χ0v) is 8.00. The normalized spacial score (nSPS) is 23.4. The molecule has 0 spiro atoms. The van der Waals surface area contributed by atoms with Crippen LogP contribution in [0.1, 0.15) is 6.92 Å². The third kappa shape index (κ3) is 2.01. The monoisotopic (exact) mass is 193 g/mol. The summed E-state index contributed by atoms with van der Waals surface area (Å²) in [4.78, 5) is 11.0. The van der Waals surface area contributed by atoms with Gasteiger partial charge in [-0.05, 0) is 6.92 Å². The summed E-state index contributed by atoms with van der Waals surface area (Å²) in [5, 5.41) is 8.60. The molecule has 1 unspecified atom stereocenters. The first-order chi connectivity index (χ1) is 6.52. The molecule has 0 N–H and O–H groups in total. The van der Waals surface area contributed by atoms with Crippen molar-refractivity contribution in [2.75, 3.05) is 13.2 Å². The molecule has 0 aromatic heterocycles. The van der Waals surface area contributed by atoms with E-state index in [0.29, 0.717) is 12.2 Å². The lowest BCUT2D eigenvalue weighted by atomic mass is 10.0. The molecule has 4 heteroatoms. The van der Waals surface area contributed by atoms with E-state index in [4.69, 9.17) is 14.7 Å². The van der Waals surface area contributed by atoms with Crippen molar-refractivity contribution in [2.24, 2.45) is 0 Å². The molecule has 0 radical (unpaired) electrons. The van der Waals surface area contributed by atoms with Gasteiger partial charge in [-0.15, -0.1) is 0 Å². The first kappa shape index (κ1) is 10.5. The number of carbonyl (C=O) groups is 1. The van der Waals surface area contributed by atoms with E-state index in [-0.39, 0.29) is 12.2 Å². The Morgan fingerprint density at radius 1 is 1.71 bits per heavy atom. The number of hydrogen-bond donors (Lipinski definition) is 0. The number of epoxide rings is 1. The standard InChI is InChI=1S/C10H11NO3/c1-7(2)9(12)13-5-10(6-14-10)8(3)4-11/h1,3,5-6H2,2H3. The minimum atomic E-state index is -0.764. The maximum atomic E-state index is 11.0. The van der Waals surface area contributed by atoms with Crippen molar-refractivity contribution in [2.45, 2.75) is 12.5 Å². The first-order valence-corrected chi connectivity index (χ1v) is 4.08. The highest BCUT2D eigenvalue weighted by molar-refractivity contribution is 5.87. The molecule has 1 fully saturated rings. The van der Waals surface area contributed by atoms with E-state index in [0.717, 1.165) is 0 Å². The summed E-state index contributed by atoms with van der Waals surface area (Å²) in [6.07, 6.45) is 0. The lowest BCUT2D eigenvalue weighted by molar-refractivity contribution is -0.140. The second-order valence-electron chi connectivity index (χ2n) is 3.23. The summed E-state index contributed by atoms with van der Waals surface area (Å²) in [6, 6.07) is 1.89. The van der Waals surface area contributed by atoms with Crippen LogP contribution in [0.15, 0.2) is 24.3 Å². The van der Waals surface area contributed by atoms with E-state index >= 15 is 0 Å². The number of carbonyl (C=O) groups excluding carboxylic acids is 1. The summed E-state index contributed by atoms with van der Waals surface area (Å²) in [6.45, 7) is 8.94. The maximum Gasteiger partial charge on any atom is 0.333 e. The first-order valence-electron chi connectivity index (χ1n) is 4.08. The topological polar surface area (TPSA) is 62.6 Å². The van der Waals surface area contributed by atoms with E-state index in [1.807, 2.05) is 6.07 Å². The van der Waals surface area contributed by atoms with Crippen LogP contribution in [0.4, 0.5) is 0 Å². The lowest BCUT2D eigenvalue weighted by Gasteiger charge is -2.10. The van der Waals surface area contributed by atoms with Crippen molar-refractivity contribution >= 4 is 5.97 Å². The molecule has 0 amide bonds. The zero-order chi connectivity index (χ0) is 10.8. The highest BCUT2D eigenvalue weighted by Gasteiger charge is 2.49. The van der Waals surface area contributed by atoms with Crippen molar-refractivity contribution in [3.63, 3.8) is 0 Å². The van der Waals surface area contributed by atoms with Gasteiger partial charge >= 0.3 is 5.97 Å². The Morgan fingerprint density at radius 3 is 2.64 bits per heavy atom. The van der Waals surface area contributed by atoms with Gasteiger partial charge in [0.2, 0.25) is 0 Å². The van der Waals surface area contributed by atoms with Crippen LogP contribution in [0.25, 0.3) is 0 Å². The lowest BCUT2D eigenvalue weighted by Crippen LogP contribution is -2.23. The van der Waals surface area contributed by atoms with Gasteiger partial charge in [0.05, 0.1) is 18.2 Å². The Labute approximate surface area is 82.4 Å². The summed E-state index contributed by atoms with van der Waals surface area (Å²) < 4.78 is 9.93. The van der Waals surface area contributed by atoms with Crippen LogP contribution < -0.4 is 0 Å². The van der Waals surface area contributed by atoms with Crippen LogP contribution in [-0.4, -0.2) is 24.8 Å². The number of esters is 1. The third-order valence-electron chi connectivity index (χ3n) is 1.96. The molecule has 1 heterocycles. The van der Waals surface area contributed by atoms with Gasteiger partial charge in [0.15, 0.2) is 5.60 Å². The minimum Gasteiger partial charge on any atom is -0.459 e. The molecule has 0 aromatic rings. The Hall–Kier alpha value is -1.60. The number of nitrogens with zero attached hydrogens (tertiary/aromatic N) is 1. The number of ether oxygens (including phenoxy) is 2. The molecule has 0 aromatic carbocycles. The minimum absolute atomic E-state index is 0.0328. The highest BCUT2D eigenvalue weighted by Crippen LogP contribution is 2.34. The Kier molecular flexibility index (Phi) is 2.73. The van der Waals surface area contributed by atoms with Crippen LogP contribution in [0.2, 0.25) is 0 Å². The second kappa shape index (κ2) is 3.64. The molecule has 14 heavy (non-hydrogen) atoms. The van der Waals surface area contributed by atoms with Crippen LogP contribution >= 0.6 is 0 Å². The predicted octanol–water partition coefficient (Wildman–Crippen LogP) is 0.954. The quantitative estimate of drug-likeness (QED) is 0.288. The third-order valence-corrected chi connectivity index (χ3v) is 1.96. The predicted molar refractivity (Wildman–Crippen MR) is 49.2 cm³/mol. The van der Waals surface area contributed by atoms with E-state index < -0.39 is 11.6 Å². The molecule has 4 nitrogen and oxygen atoms in total. The average Bonchev–Trinajstić information content (AvgIpc) is 2.93. The van der Waals surface area contributed by atoms with Crippen LogP contribution in [0.3, 0.4) is 0 Å². The molecular formula is C10H11NO3. The van der Waals surface area contributed by atoms with Gasteiger partial charge in [-0.3, -0.25) is 0 Å². The molecule has 0 saturated carbocycles. The molecule has 74 valence electrons. The Balaban J connectivity index is 2.47. The zero-order valence-electron chi connectivity index (χ0n) is 8.00. The van der Waals surface area contributed by atoms with Crippen molar-refractivity contribution in [1.82, 2.24) is 0 Å². The van der Waals surface area contributed by atoms with E-state index in [2.05, 4.69) is 13.2 Å². The fraction of sp³-hybridized carbons (Fsp3) is 0.400. The summed E-state index contributed by atoms with van der Waals surface area (Å²) >= 11 is 0. The average molecular weight is 193 g/mol. The fourth-order valence-corrected chi connectivity index (χ4v) is 0.839. The van der Waals surface area contributed by atoms with Crippen LogP contribution in [0.5, 0.6) is 0 Å². The molecular weight excluding hydrogens is 182 g/mol. The smallest absolute Gasteiger partial charge is 0.333 e. The Bertz CT molecular complexity index is 334. The second-order valence-corrected chi connectivity index (χ2v) is 3.23. The molecule has 1 rings (SSSR count). The molecule has 0 bridgehead atoms. The molecule has 1 aliphatic rings. The van der Waals surface area contributed by atoms with Gasteiger partial charge in [-0.1, -0.05) is 13.2 Å². The van der Waals surface area contributed by atoms with E-state index in [9.17, 15) is 4.79 Å². The Morgan fingerprint density at radius 2 is 2.29 bits per heavy atom. The van der Waals surface area contributed by atoms with Crippen LogP contribution in [0, 0.1) is 11.3 Å². The molecule has 0 aliphatic carbocycles. The maximum absolute atomic E-state index is 11.0. The fourth-order valence-electron chi connectivity index (χ4n) is 0.839. The van der Waals surface area contributed by atoms with Crippen molar-refractivity contribution in [1.29, 1.82) is 5.26 Å². The summed E-state index contributed by atoms with van der Waals surface area (Å²) in [5.41, 5.74) is -0.157. The van der Waals surface area contributed by atoms with Gasteiger partial charge in [0, 0.05) is 5.57 Å². The number of hydrogen-bond acceptors (Lipinski definition) is 4. The van der Waals surface area contributed by atoms with Crippen molar-refractivity contribution < 1.29 is 14.3 Å². The van der Waals surface area contributed by atoms with E-state index in [1.165, 1.54) is 0 Å². The molecule has 1 aliphatic heterocycles. The van der Waals surface area contributed by atoms with Gasteiger partial charge in [-0.2, -0.15) is 5.26 Å². The van der Waals surface area contributed by atoms with Gasteiger partial charge in [-0.25, -0.2) is 4.79 Å². The van der Waals surface area contributed by atoms with Crippen LogP contribution in [-0.2, 0) is 14.3 Å². The van der Waals surface area contributed by atoms with Gasteiger partial charge < -0.3 is 9.47 Å². The number of rotatable bonds is 4. The van der Waals surface area contributed by atoms with E-state index in [1.54, 1.807) is 6.92 Å². The summed E-state index contributed by atoms with van der Waals surface area (Å²) in [5.74, 6) is -0.481. The molecule has 1 atom stereocenters. The number of nitriles is 1. The SMILES string of the molecule is C=C(C)C(=O)OCC1(C(=C)C#N)CO1. The highest BCUT2D eigenvalue weighted by atomic mass is 16.6. The summed E-state index contributed by atoms with van der Waals surface area (Å²) in [7, 11) is 0. The van der Waals surface area contributed by atoms with Gasteiger partial charge in [0.1, 0.15) is 6.61 Å².